The van der Waals surface area contributed by atoms with Crippen LogP contribution in [0.2, 0.25) is 0 Å². The summed E-state index contributed by atoms with van der Waals surface area (Å²) in [5.41, 5.74) is 8.18. The maximum Gasteiger partial charge on any atom is 0.0819 e. The molecule has 0 spiro atoms. The summed E-state index contributed by atoms with van der Waals surface area (Å²) in [6, 6.07) is 5.84. The zero-order valence-electron chi connectivity index (χ0n) is 11.2. The van der Waals surface area contributed by atoms with Gasteiger partial charge in [-0.05, 0) is 43.5 Å². The number of rotatable bonds is 3. The molecule has 1 aliphatic carbocycles. The number of hydrogen-bond acceptors (Lipinski definition) is 3. The van der Waals surface area contributed by atoms with Crippen LogP contribution in [-0.2, 0) is 0 Å². The summed E-state index contributed by atoms with van der Waals surface area (Å²) in [7, 11) is 0. The quantitative estimate of drug-likeness (QED) is 0.569. The van der Waals surface area contributed by atoms with Crippen molar-refractivity contribution in [3.8, 4) is 0 Å². The number of nitrogen functional groups attached to an aromatic ring is 1. The van der Waals surface area contributed by atoms with Crippen LogP contribution in [0, 0.1) is 6.92 Å². The Labute approximate surface area is 109 Å². The molecule has 0 aliphatic heterocycles. The molecule has 0 aromatic heterocycles. The molecule has 100 valence electrons. The van der Waals surface area contributed by atoms with E-state index >= 15 is 0 Å². The minimum absolute atomic E-state index is 0.537. The van der Waals surface area contributed by atoms with Gasteiger partial charge in [-0.3, -0.25) is 0 Å². The van der Waals surface area contributed by atoms with Crippen LogP contribution in [-0.4, -0.2) is 17.3 Å². The number of nitrogens with one attached hydrogen (secondary N) is 1. The molecule has 18 heavy (non-hydrogen) atoms. The van der Waals surface area contributed by atoms with E-state index < -0.39 is 5.60 Å². The molecule has 1 aromatic carbocycles. The predicted molar refractivity (Wildman–Crippen MR) is 76.7 cm³/mol. The average molecular weight is 248 g/mol. The molecule has 0 heterocycles. The highest BCUT2D eigenvalue weighted by Gasteiger charge is 2.27. The highest BCUT2D eigenvalue weighted by molar-refractivity contribution is 5.57. The van der Waals surface area contributed by atoms with Crippen molar-refractivity contribution in [3.05, 3.63) is 23.8 Å². The van der Waals surface area contributed by atoms with Crippen molar-refractivity contribution in [1.29, 1.82) is 0 Å². The number of aliphatic hydroxyl groups is 1. The molecule has 0 unspecified atom stereocenters. The minimum Gasteiger partial charge on any atom is -0.399 e. The molecular formula is C15H24N2O. The van der Waals surface area contributed by atoms with Gasteiger partial charge in [-0.1, -0.05) is 25.7 Å². The summed E-state index contributed by atoms with van der Waals surface area (Å²) in [6.07, 6.45) is 6.60. The van der Waals surface area contributed by atoms with E-state index in [9.17, 15) is 5.11 Å². The van der Waals surface area contributed by atoms with Gasteiger partial charge in [0, 0.05) is 17.9 Å². The lowest BCUT2D eigenvalue weighted by Gasteiger charge is -2.27. The summed E-state index contributed by atoms with van der Waals surface area (Å²) >= 11 is 0. The van der Waals surface area contributed by atoms with Gasteiger partial charge in [0.2, 0.25) is 0 Å². The molecule has 3 heteroatoms. The fourth-order valence-corrected chi connectivity index (χ4v) is 2.71. The summed E-state index contributed by atoms with van der Waals surface area (Å²) in [4.78, 5) is 0. The van der Waals surface area contributed by atoms with E-state index in [0.717, 1.165) is 42.6 Å². The number of benzene rings is 1. The number of hydrogen-bond donors (Lipinski definition) is 3. The summed E-state index contributed by atoms with van der Waals surface area (Å²) in [6.45, 7) is 2.67. The third-order valence-electron chi connectivity index (χ3n) is 3.89. The van der Waals surface area contributed by atoms with Gasteiger partial charge in [0.15, 0.2) is 0 Å². The SMILES string of the molecule is Cc1cc(N)ccc1NCC1(O)CCCCCC1. The first-order valence-electron chi connectivity index (χ1n) is 6.91. The molecule has 1 aliphatic rings. The van der Waals surface area contributed by atoms with Crippen LogP contribution in [0.3, 0.4) is 0 Å². The molecule has 0 atom stereocenters. The molecule has 0 amide bonds. The van der Waals surface area contributed by atoms with Crippen molar-refractivity contribution in [2.45, 2.75) is 51.0 Å². The molecule has 2 rings (SSSR count). The van der Waals surface area contributed by atoms with Crippen molar-refractivity contribution in [3.63, 3.8) is 0 Å². The second-order valence-corrected chi connectivity index (χ2v) is 5.57. The Morgan fingerprint density at radius 3 is 2.50 bits per heavy atom. The van der Waals surface area contributed by atoms with Gasteiger partial charge in [-0.2, -0.15) is 0 Å². The zero-order valence-corrected chi connectivity index (χ0v) is 11.2. The largest absolute Gasteiger partial charge is 0.399 e. The Morgan fingerprint density at radius 1 is 1.22 bits per heavy atom. The van der Waals surface area contributed by atoms with Gasteiger partial charge in [-0.15, -0.1) is 0 Å². The Hall–Kier alpha value is -1.22. The van der Waals surface area contributed by atoms with Gasteiger partial charge < -0.3 is 16.2 Å². The van der Waals surface area contributed by atoms with Crippen LogP contribution in [0.25, 0.3) is 0 Å². The second-order valence-electron chi connectivity index (χ2n) is 5.57. The van der Waals surface area contributed by atoms with Crippen LogP contribution in [0.1, 0.15) is 44.1 Å². The Morgan fingerprint density at radius 2 is 1.89 bits per heavy atom. The average Bonchev–Trinajstić information content (AvgIpc) is 2.54. The monoisotopic (exact) mass is 248 g/mol. The lowest BCUT2D eigenvalue weighted by Crippen LogP contribution is -2.36. The first-order valence-corrected chi connectivity index (χ1v) is 6.91. The lowest BCUT2D eigenvalue weighted by molar-refractivity contribution is 0.0381. The Kier molecular flexibility index (Phi) is 4.12. The van der Waals surface area contributed by atoms with E-state index in [1.54, 1.807) is 0 Å². The van der Waals surface area contributed by atoms with E-state index in [4.69, 9.17) is 5.73 Å². The topological polar surface area (TPSA) is 58.3 Å². The van der Waals surface area contributed by atoms with Gasteiger partial charge in [0.25, 0.3) is 0 Å². The minimum atomic E-state index is -0.537. The molecule has 1 aromatic rings. The van der Waals surface area contributed by atoms with Gasteiger partial charge in [0.1, 0.15) is 0 Å². The fraction of sp³-hybridized carbons (Fsp3) is 0.600. The van der Waals surface area contributed by atoms with Crippen LogP contribution < -0.4 is 11.1 Å². The highest BCUT2D eigenvalue weighted by Crippen LogP contribution is 2.28. The molecule has 0 saturated heterocycles. The van der Waals surface area contributed by atoms with E-state index in [-0.39, 0.29) is 0 Å². The van der Waals surface area contributed by atoms with Crippen molar-refractivity contribution < 1.29 is 5.11 Å². The molecule has 0 radical (unpaired) electrons. The number of nitrogens with two attached hydrogens (primary N) is 1. The van der Waals surface area contributed by atoms with Crippen molar-refractivity contribution in [2.24, 2.45) is 0 Å². The third kappa shape index (κ3) is 3.39. The molecular weight excluding hydrogens is 224 g/mol. The summed E-state index contributed by atoms with van der Waals surface area (Å²) in [5.74, 6) is 0. The van der Waals surface area contributed by atoms with Crippen molar-refractivity contribution in [2.75, 3.05) is 17.6 Å². The third-order valence-corrected chi connectivity index (χ3v) is 3.89. The van der Waals surface area contributed by atoms with E-state index in [1.165, 1.54) is 12.8 Å². The van der Waals surface area contributed by atoms with Gasteiger partial charge in [0.05, 0.1) is 5.60 Å². The van der Waals surface area contributed by atoms with E-state index in [2.05, 4.69) is 5.32 Å². The van der Waals surface area contributed by atoms with Crippen LogP contribution >= 0.6 is 0 Å². The standard InChI is InChI=1S/C15H24N2O/c1-12-10-13(16)6-7-14(12)17-11-15(18)8-4-2-3-5-9-15/h6-7,10,17-18H,2-5,8-9,11,16H2,1H3. The van der Waals surface area contributed by atoms with Crippen LogP contribution in [0.15, 0.2) is 18.2 Å². The van der Waals surface area contributed by atoms with E-state index in [1.807, 2.05) is 25.1 Å². The Bertz CT molecular complexity index is 395. The smallest absolute Gasteiger partial charge is 0.0819 e. The summed E-state index contributed by atoms with van der Waals surface area (Å²) < 4.78 is 0. The van der Waals surface area contributed by atoms with Crippen molar-refractivity contribution >= 4 is 11.4 Å². The first kappa shape index (κ1) is 13.2. The molecule has 4 N–H and O–H groups in total. The maximum atomic E-state index is 10.6. The number of aryl methyl sites for hydroxylation is 1. The van der Waals surface area contributed by atoms with Crippen molar-refractivity contribution in [1.82, 2.24) is 0 Å². The van der Waals surface area contributed by atoms with Gasteiger partial charge in [-0.25, -0.2) is 0 Å². The van der Waals surface area contributed by atoms with Gasteiger partial charge >= 0.3 is 0 Å². The number of anilines is 2. The maximum absolute atomic E-state index is 10.6. The normalized spacial score (nSPS) is 19.2. The molecule has 3 nitrogen and oxygen atoms in total. The first-order chi connectivity index (χ1) is 8.59. The summed E-state index contributed by atoms with van der Waals surface area (Å²) in [5, 5.41) is 13.9. The second kappa shape index (κ2) is 5.61. The zero-order chi connectivity index (χ0) is 13.0. The predicted octanol–water partition coefficient (Wildman–Crippen LogP) is 3.07. The fourth-order valence-electron chi connectivity index (χ4n) is 2.71. The van der Waals surface area contributed by atoms with Crippen LogP contribution in [0.5, 0.6) is 0 Å². The highest BCUT2D eigenvalue weighted by atomic mass is 16.3. The molecule has 0 bridgehead atoms. The van der Waals surface area contributed by atoms with E-state index in [0.29, 0.717) is 6.54 Å². The van der Waals surface area contributed by atoms with Crippen LogP contribution in [0.4, 0.5) is 11.4 Å². The lowest BCUT2D eigenvalue weighted by atomic mass is 9.94. The Balaban J connectivity index is 1.97. The molecule has 1 saturated carbocycles. The molecule has 1 fully saturated rings.